The fourth-order valence-corrected chi connectivity index (χ4v) is 4.64. The zero-order chi connectivity index (χ0) is 16.8. The van der Waals surface area contributed by atoms with E-state index < -0.39 is 5.97 Å². The van der Waals surface area contributed by atoms with Crippen LogP contribution >= 0.6 is 0 Å². The molecule has 0 spiro atoms. The first kappa shape index (κ1) is 17.7. The second-order valence-electron chi connectivity index (χ2n) is 7.75. The lowest BCUT2D eigenvalue weighted by Crippen LogP contribution is -2.61. The van der Waals surface area contributed by atoms with Crippen molar-refractivity contribution in [2.45, 2.75) is 76.8 Å². The van der Waals surface area contributed by atoms with Crippen molar-refractivity contribution < 1.29 is 9.90 Å². The van der Waals surface area contributed by atoms with E-state index in [1.807, 2.05) is 0 Å². The van der Waals surface area contributed by atoms with Gasteiger partial charge in [0.2, 0.25) is 0 Å². The number of carbonyl (C=O) groups is 1. The van der Waals surface area contributed by atoms with Crippen LogP contribution < -0.4 is 16.3 Å². The number of rotatable bonds is 6. The molecule has 6 nitrogen and oxygen atoms in total. The van der Waals surface area contributed by atoms with Crippen molar-refractivity contribution in [3.05, 3.63) is 0 Å². The highest BCUT2D eigenvalue weighted by Gasteiger charge is 2.34. The molecule has 3 fully saturated rings. The van der Waals surface area contributed by atoms with Crippen molar-refractivity contribution in [3.63, 3.8) is 0 Å². The number of hydrogen-bond donors (Lipinski definition) is 4. The maximum Gasteiger partial charge on any atom is 0.352 e. The number of fused-ring (bicyclic) bond motifs is 1. The number of carboxylic acid groups (broad SMARTS) is 1. The molecule has 4 N–H and O–H groups in total. The lowest BCUT2D eigenvalue weighted by atomic mass is 9.77. The second-order valence-corrected chi connectivity index (χ2v) is 7.75. The van der Waals surface area contributed by atoms with Crippen molar-refractivity contribution in [2.75, 3.05) is 6.54 Å². The van der Waals surface area contributed by atoms with Crippen LogP contribution in [0.1, 0.15) is 70.6 Å². The summed E-state index contributed by atoms with van der Waals surface area (Å²) in [6, 6.07) is 0. The molecule has 3 unspecified atom stereocenters. The average molecular weight is 336 g/mol. The predicted octanol–water partition coefficient (Wildman–Crippen LogP) is 2.62. The smallest absolute Gasteiger partial charge is 0.352 e. The van der Waals surface area contributed by atoms with Crippen LogP contribution in [-0.2, 0) is 4.79 Å². The molecule has 24 heavy (non-hydrogen) atoms. The minimum Gasteiger partial charge on any atom is -0.477 e. The van der Waals surface area contributed by atoms with Crippen LogP contribution in [0.15, 0.2) is 5.10 Å². The number of aliphatic carboxylic acids is 1. The monoisotopic (exact) mass is 336 g/mol. The van der Waals surface area contributed by atoms with E-state index in [4.69, 9.17) is 0 Å². The zero-order valence-electron chi connectivity index (χ0n) is 14.6. The third-order valence-corrected chi connectivity index (χ3v) is 6.12. The Morgan fingerprint density at radius 2 is 1.83 bits per heavy atom. The summed E-state index contributed by atoms with van der Waals surface area (Å²) < 4.78 is 0. The molecule has 3 rings (SSSR count). The Labute approximate surface area is 144 Å². The number of hydrogen-bond acceptors (Lipinski definition) is 5. The average Bonchev–Trinajstić information content (AvgIpc) is 2.62. The molecular weight excluding hydrogens is 304 g/mol. The van der Waals surface area contributed by atoms with Gasteiger partial charge in [-0.25, -0.2) is 10.2 Å². The molecule has 0 aromatic rings. The molecule has 0 aromatic carbocycles. The number of carboxylic acids is 1. The van der Waals surface area contributed by atoms with Crippen LogP contribution in [0.25, 0.3) is 0 Å². The predicted molar refractivity (Wildman–Crippen MR) is 94.4 cm³/mol. The standard InChI is InChI=1S/C18H32N4O2/c23-18(24)16(11-10-13-6-2-1-3-7-13)20-22-17-15-9-5-4-8-14(15)12-19-21-17/h13-15,17,19,21-22H,1-12H2,(H,23,24). The highest BCUT2D eigenvalue weighted by Crippen LogP contribution is 2.33. The van der Waals surface area contributed by atoms with E-state index in [2.05, 4.69) is 21.4 Å². The molecule has 2 saturated carbocycles. The minimum atomic E-state index is -0.887. The summed E-state index contributed by atoms with van der Waals surface area (Å²) in [6.07, 6.45) is 13.0. The summed E-state index contributed by atoms with van der Waals surface area (Å²) in [5, 5.41) is 13.7. The normalized spacial score (nSPS) is 32.2. The molecular formula is C18H32N4O2. The van der Waals surface area contributed by atoms with Gasteiger partial charge in [-0.05, 0) is 43.4 Å². The zero-order valence-corrected chi connectivity index (χ0v) is 14.6. The van der Waals surface area contributed by atoms with Gasteiger partial charge in [0.1, 0.15) is 11.9 Å². The first-order valence-corrected chi connectivity index (χ1v) is 9.78. The van der Waals surface area contributed by atoms with Gasteiger partial charge in [0.05, 0.1) is 0 Å². The fourth-order valence-electron chi connectivity index (χ4n) is 4.64. The van der Waals surface area contributed by atoms with Crippen LogP contribution in [-0.4, -0.2) is 29.5 Å². The van der Waals surface area contributed by atoms with Gasteiger partial charge in [0.15, 0.2) is 0 Å². The molecule has 0 bridgehead atoms. The Morgan fingerprint density at radius 3 is 2.62 bits per heavy atom. The van der Waals surface area contributed by atoms with Crippen LogP contribution in [0.4, 0.5) is 0 Å². The van der Waals surface area contributed by atoms with E-state index in [1.54, 1.807) is 0 Å². The Kier molecular flexibility index (Phi) is 6.49. The summed E-state index contributed by atoms with van der Waals surface area (Å²) in [5.41, 5.74) is 9.90. The molecule has 3 aliphatic rings. The van der Waals surface area contributed by atoms with Crippen molar-refractivity contribution in [1.82, 2.24) is 16.3 Å². The van der Waals surface area contributed by atoms with E-state index in [0.29, 0.717) is 24.2 Å². The summed E-state index contributed by atoms with van der Waals surface area (Å²) in [7, 11) is 0. The lowest BCUT2D eigenvalue weighted by molar-refractivity contribution is -0.129. The van der Waals surface area contributed by atoms with Crippen molar-refractivity contribution in [3.8, 4) is 0 Å². The Morgan fingerprint density at radius 1 is 1.08 bits per heavy atom. The van der Waals surface area contributed by atoms with Crippen molar-refractivity contribution in [1.29, 1.82) is 0 Å². The second kappa shape index (κ2) is 8.81. The quantitative estimate of drug-likeness (QED) is 0.442. The van der Waals surface area contributed by atoms with Crippen LogP contribution in [0.5, 0.6) is 0 Å². The van der Waals surface area contributed by atoms with E-state index >= 15 is 0 Å². The van der Waals surface area contributed by atoms with Gasteiger partial charge in [-0.3, -0.25) is 10.9 Å². The van der Waals surface area contributed by atoms with Gasteiger partial charge in [-0.15, -0.1) is 0 Å². The molecule has 0 radical (unpaired) electrons. The van der Waals surface area contributed by atoms with Crippen molar-refractivity contribution in [2.24, 2.45) is 22.9 Å². The SMILES string of the molecule is O=C(O)C(CCC1CCCCC1)=NNC1NNCC2CCCCC21. The van der Waals surface area contributed by atoms with Crippen LogP contribution in [0, 0.1) is 17.8 Å². The molecule has 6 heteroatoms. The molecule has 3 atom stereocenters. The van der Waals surface area contributed by atoms with Gasteiger partial charge in [0, 0.05) is 6.54 Å². The third kappa shape index (κ3) is 4.70. The number of hydrazone groups is 1. The van der Waals surface area contributed by atoms with Gasteiger partial charge in [-0.1, -0.05) is 44.9 Å². The van der Waals surface area contributed by atoms with Crippen molar-refractivity contribution >= 4 is 11.7 Å². The summed E-state index contributed by atoms with van der Waals surface area (Å²) in [6.45, 7) is 1.00. The summed E-state index contributed by atoms with van der Waals surface area (Å²) in [4.78, 5) is 11.5. The maximum atomic E-state index is 11.5. The van der Waals surface area contributed by atoms with E-state index in [0.717, 1.165) is 13.0 Å². The van der Waals surface area contributed by atoms with Gasteiger partial charge >= 0.3 is 5.97 Å². The Balaban J connectivity index is 1.53. The van der Waals surface area contributed by atoms with Crippen LogP contribution in [0.3, 0.4) is 0 Å². The molecule has 2 aliphatic carbocycles. The molecule has 136 valence electrons. The minimum absolute atomic E-state index is 0.0353. The number of nitrogens with zero attached hydrogens (tertiary/aromatic N) is 1. The highest BCUT2D eigenvalue weighted by molar-refractivity contribution is 6.35. The first-order valence-electron chi connectivity index (χ1n) is 9.78. The van der Waals surface area contributed by atoms with E-state index in [1.165, 1.54) is 57.8 Å². The Bertz CT molecular complexity index is 446. The van der Waals surface area contributed by atoms with Gasteiger partial charge in [-0.2, -0.15) is 5.10 Å². The lowest BCUT2D eigenvalue weighted by Gasteiger charge is -2.41. The number of hydrazine groups is 1. The largest absolute Gasteiger partial charge is 0.477 e. The molecule has 1 aliphatic heterocycles. The fraction of sp³-hybridized carbons (Fsp3) is 0.889. The van der Waals surface area contributed by atoms with Gasteiger partial charge < -0.3 is 5.11 Å². The maximum absolute atomic E-state index is 11.5. The summed E-state index contributed by atoms with van der Waals surface area (Å²) in [5.74, 6) is 1.00. The van der Waals surface area contributed by atoms with Gasteiger partial charge in [0.25, 0.3) is 0 Å². The molecule has 0 amide bonds. The third-order valence-electron chi connectivity index (χ3n) is 6.12. The highest BCUT2D eigenvalue weighted by atomic mass is 16.4. The first-order chi connectivity index (χ1) is 11.7. The van der Waals surface area contributed by atoms with E-state index in [9.17, 15) is 9.90 Å². The number of nitrogens with one attached hydrogen (secondary N) is 3. The van der Waals surface area contributed by atoms with Crippen LogP contribution in [0.2, 0.25) is 0 Å². The van der Waals surface area contributed by atoms with E-state index in [-0.39, 0.29) is 11.9 Å². The summed E-state index contributed by atoms with van der Waals surface area (Å²) >= 11 is 0. The topological polar surface area (TPSA) is 85.8 Å². The molecule has 0 aromatic heterocycles. The molecule has 1 heterocycles. The Hall–Kier alpha value is -1.14. The molecule has 1 saturated heterocycles.